The number of rotatable bonds is 7. The molecule has 0 bridgehead atoms. The first-order chi connectivity index (χ1) is 8.93. The van der Waals surface area contributed by atoms with Crippen molar-refractivity contribution in [1.82, 2.24) is 14.7 Å². The molecule has 1 heterocycles. The molecule has 0 amide bonds. The molecule has 19 heavy (non-hydrogen) atoms. The van der Waals surface area contributed by atoms with Crippen molar-refractivity contribution in [3.05, 3.63) is 11.4 Å². The fourth-order valence-electron chi connectivity index (χ4n) is 1.54. The number of nitrogens with one attached hydrogen (secondary N) is 3. The average Bonchev–Trinajstić information content (AvgIpc) is 2.40. The van der Waals surface area contributed by atoms with Gasteiger partial charge in [0.15, 0.2) is 0 Å². The number of nitrogens with zero attached hydrogens (tertiary/aromatic N) is 2. The molecule has 3 N–H and O–H groups in total. The van der Waals surface area contributed by atoms with Crippen LogP contribution in [-0.2, 0) is 16.4 Å². The maximum absolute atomic E-state index is 11.3. The van der Waals surface area contributed by atoms with E-state index in [0.717, 1.165) is 17.8 Å². The lowest BCUT2D eigenvalue weighted by molar-refractivity contribution is 0.588. The predicted octanol–water partition coefficient (Wildman–Crippen LogP) is 0.350. The minimum atomic E-state index is -3.21. The number of hydrogen-bond acceptors (Lipinski definition) is 6. The van der Waals surface area contributed by atoms with E-state index in [0.29, 0.717) is 18.2 Å². The molecule has 0 fully saturated rings. The number of sulfonamides is 1. The third kappa shape index (κ3) is 4.32. The van der Waals surface area contributed by atoms with Gasteiger partial charge in [-0.3, -0.25) is 0 Å². The molecule has 7 nitrogen and oxygen atoms in total. The van der Waals surface area contributed by atoms with Crippen LogP contribution in [0.25, 0.3) is 0 Å². The van der Waals surface area contributed by atoms with Gasteiger partial charge in [0.25, 0.3) is 0 Å². The van der Waals surface area contributed by atoms with E-state index in [1.165, 1.54) is 7.05 Å². The van der Waals surface area contributed by atoms with Crippen LogP contribution in [0.1, 0.15) is 18.3 Å². The topological polar surface area (TPSA) is 96.0 Å². The van der Waals surface area contributed by atoms with Gasteiger partial charge in [-0.1, -0.05) is 6.92 Å². The monoisotopic (exact) mass is 287 g/mol. The Morgan fingerprint density at radius 1 is 1.16 bits per heavy atom. The van der Waals surface area contributed by atoms with Crippen LogP contribution >= 0.6 is 0 Å². The molecule has 1 aromatic heterocycles. The van der Waals surface area contributed by atoms with Gasteiger partial charge in [0.1, 0.15) is 17.5 Å². The highest BCUT2D eigenvalue weighted by atomic mass is 32.2. The van der Waals surface area contributed by atoms with Gasteiger partial charge < -0.3 is 10.6 Å². The number of aryl methyl sites for hydroxylation is 1. The number of hydrogen-bond donors (Lipinski definition) is 3. The SMILES string of the molecule is CCc1nc(NC)c(C)c(NCCS(=O)(=O)NC)n1. The Balaban J connectivity index is 2.83. The molecule has 0 aromatic carbocycles. The number of anilines is 2. The Morgan fingerprint density at radius 3 is 2.32 bits per heavy atom. The Labute approximate surface area is 114 Å². The smallest absolute Gasteiger partial charge is 0.213 e. The fourth-order valence-corrected chi connectivity index (χ4v) is 2.12. The van der Waals surface area contributed by atoms with Crippen molar-refractivity contribution in [1.29, 1.82) is 0 Å². The number of aromatic nitrogens is 2. The first-order valence-electron chi connectivity index (χ1n) is 6.13. The van der Waals surface area contributed by atoms with E-state index in [2.05, 4.69) is 25.3 Å². The summed E-state index contributed by atoms with van der Waals surface area (Å²) in [6.07, 6.45) is 0.721. The second-order valence-corrected chi connectivity index (χ2v) is 6.06. The molecule has 0 atom stereocenters. The zero-order valence-corrected chi connectivity index (χ0v) is 12.6. The molecule has 0 aliphatic heterocycles. The van der Waals surface area contributed by atoms with Crippen molar-refractivity contribution in [2.24, 2.45) is 0 Å². The van der Waals surface area contributed by atoms with Gasteiger partial charge in [0.2, 0.25) is 10.0 Å². The first kappa shape index (κ1) is 15.6. The average molecular weight is 287 g/mol. The zero-order chi connectivity index (χ0) is 14.5. The molecule has 0 spiro atoms. The summed E-state index contributed by atoms with van der Waals surface area (Å²) >= 11 is 0. The zero-order valence-electron chi connectivity index (χ0n) is 11.7. The van der Waals surface area contributed by atoms with Gasteiger partial charge in [-0.05, 0) is 14.0 Å². The quantitative estimate of drug-likeness (QED) is 0.670. The molecule has 1 rings (SSSR count). The molecule has 0 radical (unpaired) electrons. The summed E-state index contributed by atoms with van der Waals surface area (Å²) in [7, 11) is -0.00739. The summed E-state index contributed by atoms with van der Waals surface area (Å²) in [4.78, 5) is 8.72. The van der Waals surface area contributed by atoms with Crippen LogP contribution in [0.2, 0.25) is 0 Å². The van der Waals surface area contributed by atoms with Crippen LogP contribution < -0.4 is 15.4 Å². The third-order valence-electron chi connectivity index (χ3n) is 2.72. The summed E-state index contributed by atoms with van der Waals surface area (Å²) in [6.45, 7) is 4.16. The summed E-state index contributed by atoms with van der Waals surface area (Å²) in [6, 6.07) is 0. The fraction of sp³-hybridized carbons (Fsp3) is 0.636. The molecule has 0 unspecified atom stereocenters. The molecular weight excluding hydrogens is 266 g/mol. The first-order valence-corrected chi connectivity index (χ1v) is 7.79. The molecule has 1 aromatic rings. The highest BCUT2D eigenvalue weighted by molar-refractivity contribution is 7.89. The van der Waals surface area contributed by atoms with Crippen molar-refractivity contribution in [2.75, 3.05) is 37.0 Å². The maximum atomic E-state index is 11.3. The Kier molecular flexibility index (Phi) is 5.49. The van der Waals surface area contributed by atoms with Gasteiger partial charge in [0.05, 0.1) is 5.75 Å². The van der Waals surface area contributed by atoms with Crippen molar-refractivity contribution in [3.8, 4) is 0 Å². The lowest BCUT2D eigenvalue weighted by atomic mass is 10.3. The van der Waals surface area contributed by atoms with Crippen LogP contribution in [-0.4, -0.2) is 44.8 Å². The van der Waals surface area contributed by atoms with Crippen LogP contribution in [0.3, 0.4) is 0 Å². The molecule has 0 saturated carbocycles. The predicted molar refractivity (Wildman–Crippen MR) is 77.0 cm³/mol. The molecule has 0 aliphatic rings. The lowest BCUT2D eigenvalue weighted by Gasteiger charge is -2.13. The van der Waals surface area contributed by atoms with E-state index in [1.807, 2.05) is 13.8 Å². The van der Waals surface area contributed by atoms with Gasteiger partial charge in [-0.25, -0.2) is 23.1 Å². The van der Waals surface area contributed by atoms with Crippen molar-refractivity contribution < 1.29 is 8.42 Å². The lowest BCUT2D eigenvalue weighted by Crippen LogP contribution is -2.26. The standard InChI is InChI=1S/C11H21N5O2S/c1-5-9-15-10(12-3)8(2)11(16-9)14-6-7-19(17,18)13-4/h13H,5-7H2,1-4H3,(H2,12,14,15,16). The van der Waals surface area contributed by atoms with Crippen LogP contribution in [0, 0.1) is 6.92 Å². The van der Waals surface area contributed by atoms with E-state index in [-0.39, 0.29) is 5.75 Å². The van der Waals surface area contributed by atoms with E-state index < -0.39 is 10.0 Å². The molecule has 108 valence electrons. The molecular formula is C11H21N5O2S. The molecule has 0 saturated heterocycles. The van der Waals surface area contributed by atoms with Gasteiger partial charge in [-0.2, -0.15) is 0 Å². The third-order valence-corrected chi connectivity index (χ3v) is 4.08. The van der Waals surface area contributed by atoms with Gasteiger partial charge >= 0.3 is 0 Å². The maximum Gasteiger partial charge on any atom is 0.213 e. The molecule has 0 aliphatic carbocycles. The van der Waals surface area contributed by atoms with Crippen LogP contribution in [0.4, 0.5) is 11.6 Å². The second-order valence-electron chi connectivity index (χ2n) is 4.02. The Morgan fingerprint density at radius 2 is 1.79 bits per heavy atom. The normalized spacial score (nSPS) is 11.4. The van der Waals surface area contributed by atoms with Crippen LogP contribution in [0.5, 0.6) is 0 Å². The summed E-state index contributed by atoms with van der Waals surface area (Å²) in [5.74, 6) is 2.14. The van der Waals surface area contributed by atoms with Crippen molar-refractivity contribution >= 4 is 21.7 Å². The summed E-state index contributed by atoms with van der Waals surface area (Å²) < 4.78 is 24.9. The highest BCUT2D eigenvalue weighted by Crippen LogP contribution is 2.19. The van der Waals surface area contributed by atoms with E-state index >= 15 is 0 Å². The Hall–Kier alpha value is -1.41. The molecule has 8 heteroatoms. The van der Waals surface area contributed by atoms with Gasteiger partial charge in [0, 0.05) is 25.6 Å². The summed E-state index contributed by atoms with van der Waals surface area (Å²) in [5, 5.41) is 6.05. The largest absolute Gasteiger partial charge is 0.373 e. The summed E-state index contributed by atoms with van der Waals surface area (Å²) in [5.41, 5.74) is 0.876. The minimum absolute atomic E-state index is 0.00326. The van der Waals surface area contributed by atoms with Crippen molar-refractivity contribution in [3.63, 3.8) is 0 Å². The Bertz CT molecular complexity index is 530. The second kappa shape index (κ2) is 6.67. The highest BCUT2D eigenvalue weighted by Gasteiger charge is 2.11. The van der Waals surface area contributed by atoms with Crippen molar-refractivity contribution in [2.45, 2.75) is 20.3 Å². The van der Waals surface area contributed by atoms with Gasteiger partial charge in [-0.15, -0.1) is 0 Å². The van der Waals surface area contributed by atoms with E-state index in [1.54, 1.807) is 7.05 Å². The van der Waals surface area contributed by atoms with E-state index in [4.69, 9.17) is 0 Å². The minimum Gasteiger partial charge on any atom is -0.373 e. The van der Waals surface area contributed by atoms with Crippen LogP contribution in [0.15, 0.2) is 0 Å². The van der Waals surface area contributed by atoms with E-state index in [9.17, 15) is 8.42 Å².